The highest BCUT2D eigenvalue weighted by Crippen LogP contribution is 2.11. The van der Waals surface area contributed by atoms with Crippen LogP contribution < -0.4 is 0 Å². The van der Waals surface area contributed by atoms with Crippen LogP contribution in [-0.2, 0) is 17.8 Å². The third-order valence-corrected chi connectivity index (χ3v) is 3.34. The predicted molar refractivity (Wildman–Crippen MR) is 83.4 cm³/mol. The van der Waals surface area contributed by atoms with Gasteiger partial charge in [-0.3, -0.25) is 0 Å². The Morgan fingerprint density at radius 2 is 1.73 bits per heavy atom. The molecule has 0 amide bonds. The van der Waals surface area contributed by atoms with E-state index in [0.717, 1.165) is 17.7 Å². The number of carbonyl (C=O) groups excluding carboxylic acids is 1. The number of esters is 1. The van der Waals surface area contributed by atoms with Crippen LogP contribution >= 0.6 is 0 Å². The van der Waals surface area contributed by atoms with Crippen molar-refractivity contribution in [1.29, 1.82) is 0 Å². The van der Waals surface area contributed by atoms with Crippen LogP contribution in [0.4, 0.5) is 0 Å². The van der Waals surface area contributed by atoms with Gasteiger partial charge >= 0.3 is 5.97 Å². The van der Waals surface area contributed by atoms with Crippen molar-refractivity contribution in [2.24, 2.45) is 0 Å². The van der Waals surface area contributed by atoms with Crippen molar-refractivity contribution in [3.63, 3.8) is 0 Å². The van der Waals surface area contributed by atoms with Gasteiger partial charge in [-0.05, 0) is 23.3 Å². The summed E-state index contributed by atoms with van der Waals surface area (Å²) in [5, 5.41) is 0. The van der Waals surface area contributed by atoms with Crippen molar-refractivity contribution in [3.8, 4) is 0 Å². The monoisotopic (exact) mass is 292 g/mol. The number of benzene rings is 2. The van der Waals surface area contributed by atoms with E-state index in [1.54, 1.807) is 18.5 Å². The van der Waals surface area contributed by atoms with Crippen molar-refractivity contribution in [3.05, 3.63) is 89.5 Å². The van der Waals surface area contributed by atoms with Crippen LogP contribution in [-0.4, -0.2) is 15.9 Å². The summed E-state index contributed by atoms with van der Waals surface area (Å²) in [6.45, 7) is 0.274. The Morgan fingerprint density at radius 3 is 2.41 bits per heavy atom. The minimum absolute atomic E-state index is 0.274. The summed E-state index contributed by atoms with van der Waals surface area (Å²) in [6, 6.07) is 17.0. The summed E-state index contributed by atoms with van der Waals surface area (Å²) in [5.74, 6) is -0.304. The van der Waals surface area contributed by atoms with Gasteiger partial charge < -0.3 is 9.72 Å². The van der Waals surface area contributed by atoms with Gasteiger partial charge in [0, 0.05) is 12.6 Å². The second-order valence-corrected chi connectivity index (χ2v) is 5.00. The Bertz CT molecular complexity index is 720. The number of aromatic nitrogens is 2. The maximum atomic E-state index is 11.9. The third kappa shape index (κ3) is 3.61. The molecule has 4 nitrogen and oxygen atoms in total. The highest BCUT2D eigenvalue weighted by atomic mass is 16.5. The third-order valence-electron chi connectivity index (χ3n) is 3.34. The first kappa shape index (κ1) is 14.1. The molecule has 1 heterocycles. The van der Waals surface area contributed by atoms with E-state index in [2.05, 4.69) is 9.97 Å². The van der Waals surface area contributed by atoms with E-state index in [9.17, 15) is 4.79 Å². The molecule has 0 saturated heterocycles. The van der Waals surface area contributed by atoms with Gasteiger partial charge in [0.25, 0.3) is 0 Å². The van der Waals surface area contributed by atoms with Gasteiger partial charge in [-0.25, -0.2) is 9.78 Å². The van der Waals surface area contributed by atoms with E-state index < -0.39 is 0 Å². The summed E-state index contributed by atoms with van der Waals surface area (Å²) in [4.78, 5) is 19.0. The van der Waals surface area contributed by atoms with E-state index in [-0.39, 0.29) is 12.6 Å². The molecule has 0 radical (unpaired) electrons. The maximum absolute atomic E-state index is 11.9. The molecule has 0 saturated carbocycles. The van der Waals surface area contributed by atoms with Crippen molar-refractivity contribution in [2.45, 2.75) is 13.0 Å². The molecule has 0 aliphatic carbocycles. The first-order chi connectivity index (χ1) is 10.8. The lowest BCUT2D eigenvalue weighted by Gasteiger charge is -2.06. The fourth-order valence-corrected chi connectivity index (χ4v) is 2.16. The zero-order valence-corrected chi connectivity index (χ0v) is 12.0. The molecule has 0 unspecified atom stereocenters. The van der Waals surface area contributed by atoms with Crippen LogP contribution in [0.3, 0.4) is 0 Å². The average molecular weight is 292 g/mol. The number of rotatable bonds is 5. The van der Waals surface area contributed by atoms with Crippen LogP contribution in [0, 0.1) is 0 Å². The largest absolute Gasteiger partial charge is 0.457 e. The maximum Gasteiger partial charge on any atom is 0.338 e. The van der Waals surface area contributed by atoms with Crippen molar-refractivity contribution in [2.75, 3.05) is 0 Å². The number of nitrogens with zero attached hydrogens (tertiary/aromatic N) is 1. The summed E-state index contributed by atoms with van der Waals surface area (Å²) in [6.07, 6.45) is 4.34. The molecule has 3 aromatic rings. The molecule has 1 N–H and O–H groups in total. The lowest BCUT2D eigenvalue weighted by Crippen LogP contribution is -2.04. The summed E-state index contributed by atoms with van der Waals surface area (Å²) >= 11 is 0. The molecule has 22 heavy (non-hydrogen) atoms. The number of imidazole rings is 1. The number of hydrogen-bond donors (Lipinski definition) is 1. The lowest BCUT2D eigenvalue weighted by atomic mass is 10.1. The second kappa shape index (κ2) is 6.72. The normalized spacial score (nSPS) is 10.4. The van der Waals surface area contributed by atoms with Crippen LogP contribution in [0.25, 0.3) is 0 Å². The zero-order chi connectivity index (χ0) is 15.2. The number of carbonyl (C=O) groups is 1. The lowest BCUT2D eigenvalue weighted by molar-refractivity contribution is 0.0472. The zero-order valence-electron chi connectivity index (χ0n) is 12.0. The van der Waals surface area contributed by atoms with Crippen molar-refractivity contribution in [1.82, 2.24) is 9.97 Å². The van der Waals surface area contributed by atoms with Gasteiger partial charge in [0.2, 0.25) is 0 Å². The van der Waals surface area contributed by atoms with Crippen LogP contribution in [0.2, 0.25) is 0 Å². The van der Waals surface area contributed by atoms with Gasteiger partial charge in [0.1, 0.15) is 6.61 Å². The Labute approximate surface area is 128 Å². The smallest absolute Gasteiger partial charge is 0.338 e. The topological polar surface area (TPSA) is 55.0 Å². The van der Waals surface area contributed by atoms with Gasteiger partial charge in [0.05, 0.1) is 17.6 Å². The molecule has 0 aliphatic rings. The van der Waals surface area contributed by atoms with Gasteiger partial charge in [0.15, 0.2) is 0 Å². The first-order valence-electron chi connectivity index (χ1n) is 7.09. The fraction of sp³-hybridized carbons (Fsp3) is 0.111. The Hall–Kier alpha value is -2.88. The first-order valence-corrected chi connectivity index (χ1v) is 7.09. The molecule has 110 valence electrons. The molecule has 0 bridgehead atoms. The van der Waals surface area contributed by atoms with Crippen LogP contribution in [0.1, 0.15) is 27.2 Å². The average Bonchev–Trinajstić information content (AvgIpc) is 3.08. The molecular formula is C18H16N2O2. The molecule has 1 aromatic heterocycles. The summed E-state index contributed by atoms with van der Waals surface area (Å²) < 4.78 is 5.30. The van der Waals surface area contributed by atoms with Gasteiger partial charge in [-0.15, -0.1) is 0 Å². The number of hydrogen-bond acceptors (Lipinski definition) is 3. The molecule has 2 aromatic carbocycles. The van der Waals surface area contributed by atoms with E-state index in [1.165, 1.54) is 5.56 Å². The highest BCUT2D eigenvalue weighted by molar-refractivity contribution is 5.89. The van der Waals surface area contributed by atoms with Crippen molar-refractivity contribution >= 4 is 5.97 Å². The molecule has 0 fully saturated rings. The molecule has 0 atom stereocenters. The fourth-order valence-electron chi connectivity index (χ4n) is 2.16. The number of aromatic amines is 1. The Morgan fingerprint density at radius 1 is 1.00 bits per heavy atom. The molecular weight excluding hydrogens is 276 g/mol. The number of nitrogens with one attached hydrogen (secondary N) is 1. The number of H-pyrrole nitrogens is 1. The molecule has 0 aliphatic heterocycles. The standard InChI is InChI=1S/C18H16N2O2/c21-18(16-4-2-1-3-5-16)22-12-15-8-6-14(7-9-15)10-17-11-19-13-20-17/h1-9,11,13H,10,12H2,(H,19,20). The van der Waals surface area contributed by atoms with Crippen LogP contribution in [0.15, 0.2) is 67.1 Å². The van der Waals surface area contributed by atoms with E-state index in [4.69, 9.17) is 4.74 Å². The molecule has 3 rings (SSSR count). The second-order valence-electron chi connectivity index (χ2n) is 5.00. The quantitative estimate of drug-likeness (QED) is 0.734. The van der Waals surface area contributed by atoms with E-state index in [0.29, 0.717) is 5.56 Å². The minimum Gasteiger partial charge on any atom is -0.457 e. The van der Waals surface area contributed by atoms with Gasteiger partial charge in [-0.2, -0.15) is 0 Å². The van der Waals surface area contributed by atoms with E-state index in [1.807, 2.05) is 48.7 Å². The summed E-state index contributed by atoms with van der Waals surface area (Å²) in [7, 11) is 0. The highest BCUT2D eigenvalue weighted by Gasteiger charge is 2.06. The van der Waals surface area contributed by atoms with Gasteiger partial charge in [-0.1, -0.05) is 42.5 Å². The van der Waals surface area contributed by atoms with E-state index >= 15 is 0 Å². The predicted octanol–water partition coefficient (Wildman–Crippen LogP) is 3.36. The van der Waals surface area contributed by atoms with Crippen LogP contribution in [0.5, 0.6) is 0 Å². The molecule has 4 heteroatoms. The Balaban J connectivity index is 1.56. The minimum atomic E-state index is -0.304. The Kier molecular flexibility index (Phi) is 4.30. The summed E-state index contributed by atoms with van der Waals surface area (Å²) in [5.41, 5.74) is 3.71. The molecule has 0 spiro atoms. The van der Waals surface area contributed by atoms with Crippen molar-refractivity contribution < 1.29 is 9.53 Å². The SMILES string of the molecule is O=C(OCc1ccc(Cc2c[nH]cn2)cc1)c1ccccc1. The number of ether oxygens (including phenoxy) is 1.